The molecule has 0 bridgehead atoms. The van der Waals surface area contributed by atoms with E-state index >= 15 is 0 Å². The van der Waals surface area contributed by atoms with Gasteiger partial charge in [0.15, 0.2) is 0 Å². The first kappa shape index (κ1) is 18.5. The topological polar surface area (TPSA) is 72.9 Å². The van der Waals surface area contributed by atoms with Gasteiger partial charge in [0.2, 0.25) is 5.91 Å². The molecule has 1 saturated carbocycles. The Morgan fingerprint density at radius 2 is 2.08 bits per heavy atom. The first-order valence-corrected chi connectivity index (χ1v) is 8.34. The van der Waals surface area contributed by atoms with E-state index in [4.69, 9.17) is 5.73 Å². The average Bonchev–Trinajstić information content (AvgIpc) is 3.26. The maximum Gasteiger partial charge on any atom is 0.223 e. The molecule has 0 radical (unpaired) electrons. The van der Waals surface area contributed by atoms with Crippen molar-refractivity contribution in [3.63, 3.8) is 0 Å². The number of hydrogen-bond acceptors (Lipinski definition) is 3. The Morgan fingerprint density at radius 1 is 1.29 bits per heavy atom. The van der Waals surface area contributed by atoms with Crippen molar-refractivity contribution in [1.29, 1.82) is 0 Å². The third kappa shape index (κ3) is 4.36. The lowest BCUT2D eigenvalue weighted by Gasteiger charge is -2.17. The van der Waals surface area contributed by atoms with E-state index in [1.165, 1.54) is 5.56 Å². The molecule has 0 unspecified atom stereocenters. The van der Waals surface area contributed by atoms with Gasteiger partial charge in [0.05, 0.1) is 5.69 Å². The molecule has 3 rings (SSSR count). The smallest absolute Gasteiger partial charge is 0.223 e. The van der Waals surface area contributed by atoms with Crippen LogP contribution in [0.1, 0.15) is 24.8 Å². The summed E-state index contributed by atoms with van der Waals surface area (Å²) < 4.78 is 1.83. The van der Waals surface area contributed by atoms with Crippen molar-refractivity contribution in [2.24, 2.45) is 17.6 Å². The van der Waals surface area contributed by atoms with Gasteiger partial charge in [0, 0.05) is 24.9 Å². The normalized spacial score (nSPS) is 19.7. The van der Waals surface area contributed by atoms with Gasteiger partial charge in [0.1, 0.15) is 0 Å². The Bertz CT molecular complexity index is 627. The Morgan fingerprint density at radius 3 is 2.75 bits per heavy atom. The van der Waals surface area contributed by atoms with E-state index < -0.39 is 0 Å². The molecule has 1 aliphatic carbocycles. The second-order valence-electron chi connectivity index (χ2n) is 6.19. The van der Waals surface area contributed by atoms with Gasteiger partial charge in [-0.1, -0.05) is 18.6 Å². The number of nitrogens with zero attached hydrogens (tertiary/aromatic N) is 2. The van der Waals surface area contributed by atoms with Crippen molar-refractivity contribution in [1.82, 2.24) is 15.1 Å². The van der Waals surface area contributed by atoms with Gasteiger partial charge in [-0.2, -0.15) is 5.10 Å². The fourth-order valence-corrected chi connectivity index (χ4v) is 3.36. The molecule has 1 heterocycles. The largest absolute Gasteiger partial charge is 0.356 e. The monoisotopic (exact) mass is 348 g/mol. The van der Waals surface area contributed by atoms with Gasteiger partial charge in [0.25, 0.3) is 0 Å². The Labute approximate surface area is 149 Å². The average molecular weight is 349 g/mol. The van der Waals surface area contributed by atoms with Gasteiger partial charge >= 0.3 is 0 Å². The van der Waals surface area contributed by atoms with E-state index in [0.29, 0.717) is 19.0 Å². The molecule has 0 aliphatic heterocycles. The highest BCUT2D eigenvalue weighted by Crippen LogP contribution is 2.30. The highest BCUT2D eigenvalue weighted by Gasteiger charge is 2.31. The minimum atomic E-state index is 0. The van der Waals surface area contributed by atoms with E-state index in [0.717, 1.165) is 31.4 Å². The SMILES string of the molecule is Cl.NC[C@H]1CCC[C@H]1C(=O)NCCc1ccc(-n2cccn2)cc1. The zero-order valence-corrected chi connectivity index (χ0v) is 14.5. The molecule has 1 aromatic heterocycles. The highest BCUT2D eigenvalue weighted by atomic mass is 35.5. The van der Waals surface area contributed by atoms with Crippen LogP contribution >= 0.6 is 12.4 Å². The zero-order chi connectivity index (χ0) is 16.1. The van der Waals surface area contributed by atoms with Crippen LogP contribution in [0.3, 0.4) is 0 Å². The number of benzene rings is 1. The minimum Gasteiger partial charge on any atom is -0.356 e. The molecule has 5 nitrogen and oxygen atoms in total. The molecule has 1 aromatic carbocycles. The third-order valence-electron chi connectivity index (χ3n) is 4.72. The second kappa shape index (κ2) is 8.85. The third-order valence-corrected chi connectivity index (χ3v) is 4.72. The quantitative estimate of drug-likeness (QED) is 0.841. The summed E-state index contributed by atoms with van der Waals surface area (Å²) in [5, 5.41) is 7.28. The van der Waals surface area contributed by atoms with E-state index in [-0.39, 0.29) is 24.2 Å². The van der Waals surface area contributed by atoms with Crippen LogP contribution in [0.5, 0.6) is 0 Å². The van der Waals surface area contributed by atoms with Crippen LogP contribution in [0.2, 0.25) is 0 Å². The van der Waals surface area contributed by atoms with Crippen molar-refractivity contribution >= 4 is 18.3 Å². The van der Waals surface area contributed by atoms with Crippen molar-refractivity contribution in [3.8, 4) is 5.69 Å². The summed E-state index contributed by atoms with van der Waals surface area (Å²) in [4.78, 5) is 12.2. The number of rotatable bonds is 6. The number of aromatic nitrogens is 2. The van der Waals surface area contributed by atoms with Crippen molar-refractivity contribution in [2.45, 2.75) is 25.7 Å². The number of nitrogens with one attached hydrogen (secondary N) is 1. The molecule has 6 heteroatoms. The lowest BCUT2D eigenvalue weighted by Crippen LogP contribution is -2.36. The molecule has 0 spiro atoms. The van der Waals surface area contributed by atoms with Gasteiger partial charge in [-0.3, -0.25) is 4.79 Å². The number of hydrogen-bond donors (Lipinski definition) is 2. The van der Waals surface area contributed by atoms with Crippen LogP contribution in [0.25, 0.3) is 5.69 Å². The molecular weight excluding hydrogens is 324 g/mol. The molecule has 2 aromatic rings. The van der Waals surface area contributed by atoms with Crippen LogP contribution in [0.4, 0.5) is 0 Å². The van der Waals surface area contributed by atoms with Crippen molar-refractivity contribution < 1.29 is 4.79 Å². The Kier molecular flexibility index (Phi) is 6.82. The molecule has 24 heavy (non-hydrogen) atoms. The standard InChI is InChI=1S/C18H24N4O.ClH/c19-13-15-3-1-4-17(15)18(23)20-11-9-14-5-7-16(8-6-14)22-12-2-10-21-22;/h2,5-8,10,12,15,17H,1,3-4,9,11,13,19H2,(H,20,23);1H/t15-,17-;/m1./s1. The lowest BCUT2D eigenvalue weighted by molar-refractivity contribution is -0.125. The van der Waals surface area contributed by atoms with E-state index in [2.05, 4.69) is 22.5 Å². The predicted molar refractivity (Wildman–Crippen MR) is 97.4 cm³/mol. The van der Waals surface area contributed by atoms with E-state index in [1.807, 2.05) is 29.1 Å². The number of amides is 1. The second-order valence-corrected chi connectivity index (χ2v) is 6.19. The zero-order valence-electron chi connectivity index (χ0n) is 13.7. The summed E-state index contributed by atoms with van der Waals surface area (Å²) in [5.41, 5.74) is 8.00. The van der Waals surface area contributed by atoms with Gasteiger partial charge < -0.3 is 11.1 Å². The molecule has 1 amide bonds. The summed E-state index contributed by atoms with van der Waals surface area (Å²) in [5.74, 6) is 0.650. The molecular formula is C18H25ClN4O. The maximum atomic E-state index is 12.2. The molecule has 2 atom stereocenters. The van der Waals surface area contributed by atoms with Crippen molar-refractivity contribution in [2.75, 3.05) is 13.1 Å². The summed E-state index contributed by atoms with van der Waals surface area (Å²) in [6.07, 6.45) is 7.71. The van der Waals surface area contributed by atoms with Crippen molar-refractivity contribution in [3.05, 3.63) is 48.3 Å². The summed E-state index contributed by atoms with van der Waals surface area (Å²) in [6.45, 7) is 1.29. The highest BCUT2D eigenvalue weighted by molar-refractivity contribution is 5.85. The molecule has 0 saturated heterocycles. The van der Waals surface area contributed by atoms with Crippen LogP contribution < -0.4 is 11.1 Å². The summed E-state index contributed by atoms with van der Waals surface area (Å²) >= 11 is 0. The summed E-state index contributed by atoms with van der Waals surface area (Å²) in [6, 6.07) is 10.2. The van der Waals surface area contributed by atoms with Crippen LogP contribution in [0, 0.1) is 11.8 Å². The van der Waals surface area contributed by atoms with Gasteiger partial charge in [-0.15, -0.1) is 12.4 Å². The van der Waals surface area contributed by atoms with Crippen LogP contribution in [-0.4, -0.2) is 28.8 Å². The minimum absolute atomic E-state index is 0. The molecule has 1 fully saturated rings. The molecule has 1 aliphatic rings. The van der Waals surface area contributed by atoms with Gasteiger partial charge in [-0.25, -0.2) is 4.68 Å². The van der Waals surface area contributed by atoms with Gasteiger partial charge in [-0.05, 0) is 55.5 Å². The first-order chi connectivity index (χ1) is 11.3. The van der Waals surface area contributed by atoms with E-state index in [9.17, 15) is 4.79 Å². The van der Waals surface area contributed by atoms with E-state index in [1.54, 1.807) is 6.20 Å². The number of nitrogens with two attached hydrogens (primary N) is 1. The fourth-order valence-electron chi connectivity index (χ4n) is 3.36. The van der Waals surface area contributed by atoms with Crippen LogP contribution in [-0.2, 0) is 11.2 Å². The lowest BCUT2D eigenvalue weighted by atomic mass is 9.95. The summed E-state index contributed by atoms with van der Waals surface area (Å²) in [7, 11) is 0. The molecule has 130 valence electrons. The first-order valence-electron chi connectivity index (χ1n) is 8.34. The maximum absolute atomic E-state index is 12.2. The molecule has 3 N–H and O–H groups in total. The fraction of sp³-hybridized carbons (Fsp3) is 0.444. The number of carbonyl (C=O) groups is 1. The predicted octanol–water partition coefficient (Wildman–Crippen LogP) is 2.33. The Hall–Kier alpha value is -1.85. The van der Waals surface area contributed by atoms with Crippen LogP contribution in [0.15, 0.2) is 42.7 Å². The number of halogens is 1. The Balaban J connectivity index is 0.00000208. The number of carbonyl (C=O) groups excluding carboxylic acids is 1.